The Morgan fingerprint density at radius 1 is 1.37 bits per heavy atom. The van der Waals surface area contributed by atoms with Crippen LogP contribution in [0.25, 0.3) is 0 Å². The van der Waals surface area contributed by atoms with Crippen LogP contribution in [-0.4, -0.2) is 24.4 Å². The van der Waals surface area contributed by atoms with E-state index in [2.05, 4.69) is 10.6 Å². The first kappa shape index (κ1) is 15.8. The molecule has 1 fully saturated rings. The molecule has 0 atom stereocenters. The Hall–Kier alpha value is -1.30. The van der Waals surface area contributed by atoms with Crippen LogP contribution >= 0.6 is 24.0 Å². The minimum atomic E-state index is -0.314. The number of nitrogens with one attached hydrogen (secondary N) is 2. The number of hydrogen-bond acceptors (Lipinski definition) is 3. The molecule has 0 bridgehead atoms. The molecule has 0 unspecified atom stereocenters. The highest BCUT2D eigenvalue weighted by Gasteiger charge is 2.24. The van der Waals surface area contributed by atoms with Gasteiger partial charge in [0.2, 0.25) is 5.91 Å². The summed E-state index contributed by atoms with van der Waals surface area (Å²) < 4.78 is 0. The second kappa shape index (κ2) is 6.75. The van der Waals surface area contributed by atoms with E-state index in [1.807, 2.05) is 0 Å². The second-order valence-electron chi connectivity index (χ2n) is 4.19. The maximum Gasteiger partial charge on any atom is 0.253 e. The van der Waals surface area contributed by atoms with Crippen LogP contribution < -0.4 is 16.4 Å². The van der Waals surface area contributed by atoms with Crippen LogP contribution in [0.4, 0.5) is 5.69 Å². The van der Waals surface area contributed by atoms with Crippen LogP contribution in [0, 0.1) is 0 Å². The minimum Gasteiger partial charge on any atom is -0.349 e. The Morgan fingerprint density at radius 3 is 2.63 bits per heavy atom. The number of nitrogens with two attached hydrogens (primary N) is 1. The van der Waals surface area contributed by atoms with Gasteiger partial charge in [-0.25, -0.2) is 0 Å². The van der Waals surface area contributed by atoms with Gasteiger partial charge in [-0.2, -0.15) is 0 Å². The van der Waals surface area contributed by atoms with Crippen LogP contribution in [0.2, 0.25) is 5.02 Å². The number of benzene rings is 1. The maximum absolute atomic E-state index is 11.9. The smallest absolute Gasteiger partial charge is 0.253 e. The number of anilines is 1. The summed E-state index contributed by atoms with van der Waals surface area (Å²) in [5.74, 6) is -0.530. The number of amides is 2. The molecule has 2 rings (SSSR count). The van der Waals surface area contributed by atoms with E-state index < -0.39 is 0 Å². The molecule has 1 aliphatic carbocycles. The first-order valence-corrected chi connectivity index (χ1v) is 6.08. The van der Waals surface area contributed by atoms with Gasteiger partial charge in [0.1, 0.15) is 0 Å². The van der Waals surface area contributed by atoms with Crippen molar-refractivity contribution in [1.29, 1.82) is 0 Å². The van der Waals surface area contributed by atoms with Crippen molar-refractivity contribution >= 4 is 41.5 Å². The summed E-state index contributed by atoms with van der Waals surface area (Å²) in [6, 6.07) is 5.02. The lowest BCUT2D eigenvalue weighted by atomic mass is 10.2. The summed E-state index contributed by atoms with van der Waals surface area (Å²) in [5.41, 5.74) is 6.07. The molecule has 0 aromatic heterocycles. The van der Waals surface area contributed by atoms with Crippen molar-refractivity contribution < 1.29 is 9.59 Å². The van der Waals surface area contributed by atoms with Gasteiger partial charge in [-0.15, -0.1) is 12.4 Å². The molecule has 1 aromatic rings. The fourth-order valence-corrected chi connectivity index (χ4v) is 1.68. The van der Waals surface area contributed by atoms with Crippen LogP contribution in [-0.2, 0) is 4.79 Å². The topological polar surface area (TPSA) is 84.2 Å². The Bertz CT molecular complexity index is 490. The zero-order chi connectivity index (χ0) is 13.1. The molecule has 4 N–H and O–H groups in total. The van der Waals surface area contributed by atoms with E-state index in [-0.39, 0.29) is 36.8 Å². The Balaban J connectivity index is 0.00000180. The quantitative estimate of drug-likeness (QED) is 0.789. The summed E-state index contributed by atoms with van der Waals surface area (Å²) >= 11 is 5.97. The number of halogens is 2. The van der Waals surface area contributed by atoms with Crippen molar-refractivity contribution in [2.45, 2.75) is 18.9 Å². The van der Waals surface area contributed by atoms with E-state index in [0.717, 1.165) is 12.8 Å². The van der Waals surface area contributed by atoms with E-state index in [0.29, 0.717) is 16.3 Å². The molecule has 19 heavy (non-hydrogen) atoms. The zero-order valence-corrected chi connectivity index (χ0v) is 11.7. The van der Waals surface area contributed by atoms with Gasteiger partial charge in [0.25, 0.3) is 5.91 Å². The minimum absolute atomic E-state index is 0. The van der Waals surface area contributed by atoms with Crippen molar-refractivity contribution in [3.8, 4) is 0 Å². The lowest BCUT2D eigenvalue weighted by Crippen LogP contribution is -2.26. The van der Waals surface area contributed by atoms with E-state index >= 15 is 0 Å². The largest absolute Gasteiger partial charge is 0.349 e. The van der Waals surface area contributed by atoms with Crippen molar-refractivity contribution in [1.82, 2.24) is 5.32 Å². The van der Waals surface area contributed by atoms with Crippen molar-refractivity contribution in [3.05, 3.63) is 28.8 Å². The summed E-state index contributed by atoms with van der Waals surface area (Å²) in [6.07, 6.45) is 2.01. The van der Waals surface area contributed by atoms with Gasteiger partial charge in [0.15, 0.2) is 0 Å². The third kappa shape index (κ3) is 4.38. The highest BCUT2D eigenvalue weighted by Crippen LogP contribution is 2.23. The monoisotopic (exact) mass is 303 g/mol. The molecule has 1 saturated carbocycles. The predicted octanol–water partition coefficient (Wildman–Crippen LogP) is 1.55. The third-order valence-electron chi connectivity index (χ3n) is 2.59. The zero-order valence-electron chi connectivity index (χ0n) is 10.1. The van der Waals surface area contributed by atoms with Crippen molar-refractivity contribution in [3.63, 3.8) is 0 Å². The maximum atomic E-state index is 11.9. The van der Waals surface area contributed by atoms with Crippen LogP contribution in [0.1, 0.15) is 23.2 Å². The van der Waals surface area contributed by atoms with E-state index in [1.165, 1.54) is 0 Å². The van der Waals surface area contributed by atoms with Gasteiger partial charge < -0.3 is 16.4 Å². The van der Waals surface area contributed by atoms with Gasteiger partial charge in [-0.1, -0.05) is 11.6 Å². The van der Waals surface area contributed by atoms with Gasteiger partial charge in [0, 0.05) is 11.7 Å². The van der Waals surface area contributed by atoms with Crippen molar-refractivity contribution in [2.75, 3.05) is 11.9 Å². The first-order valence-electron chi connectivity index (χ1n) is 5.70. The van der Waals surface area contributed by atoms with Crippen LogP contribution in [0.3, 0.4) is 0 Å². The van der Waals surface area contributed by atoms with E-state index in [4.69, 9.17) is 17.3 Å². The summed E-state index contributed by atoms with van der Waals surface area (Å²) in [6.45, 7) is -0.105. The number of carbonyl (C=O) groups excluding carboxylic acids is 2. The highest BCUT2D eigenvalue weighted by atomic mass is 35.5. The fourth-order valence-electron chi connectivity index (χ4n) is 1.48. The normalized spacial score (nSPS) is 13.4. The van der Waals surface area contributed by atoms with Crippen LogP contribution in [0.15, 0.2) is 18.2 Å². The van der Waals surface area contributed by atoms with Gasteiger partial charge in [0.05, 0.1) is 17.1 Å². The average Bonchev–Trinajstić information content (AvgIpc) is 3.15. The Kier molecular flexibility index (Phi) is 5.60. The van der Waals surface area contributed by atoms with E-state index in [1.54, 1.807) is 18.2 Å². The molecule has 1 aromatic carbocycles. The third-order valence-corrected chi connectivity index (χ3v) is 2.92. The molecule has 0 spiro atoms. The molecule has 0 heterocycles. The molecule has 0 aliphatic heterocycles. The van der Waals surface area contributed by atoms with Gasteiger partial charge in [-0.05, 0) is 31.0 Å². The summed E-state index contributed by atoms with van der Waals surface area (Å²) in [4.78, 5) is 23.1. The fraction of sp³-hybridized carbons (Fsp3) is 0.333. The van der Waals surface area contributed by atoms with Gasteiger partial charge >= 0.3 is 0 Å². The van der Waals surface area contributed by atoms with Gasteiger partial charge in [-0.3, -0.25) is 9.59 Å². The highest BCUT2D eigenvalue weighted by molar-refractivity contribution is 6.34. The molecule has 7 heteroatoms. The molecule has 5 nitrogen and oxygen atoms in total. The van der Waals surface area contributed by atoms with Crippen molar-refractivity contribution in [2.24, 2.45) is 5.73 Å². The second-order valence-corrected chi connectivity index (χ2v) is 4.60. The van der Waals surface area contributed by atoms with Crippen LogP contribution in [0.5, 0.6) is 0 Å². The first-order chi connectivity index (χ1) is 8.60. The number of rotatable bonds is 4. The summed E-state index contributed by atoms with van der Waals surface area (Å²) in [5, 5.41) is 5.79. The Labute approximate surface area is 122 Å². The van der Waals surface area contributed by atoms with E-state index in [9.17, 15) is 9.59 Å². The predicted molar refractivity (Wildman–Crippen MR) is 76.9 cm³/mol. The molecular weight excluding hydrogens is 289 g/mol. The molecule has 104 valence electrons. The number of carbonyl (C=O) groups is 2. The average molecular weight is 304 g/mol. The summed E-state index contributed by atoms with van der Waals surface area (Å²) in [7, 11) is 0. The molecule has 0 radical (unpaired) electrons. The SMILES string of the molecule is Cl.NCC(=O)Nc1ccc(Cl)c(C(=O)NC2CC2)c1. The molecule has 2 amide bonds. The molecular formula is C12H15Cl2N3O2. The molecule has 0 saturated heterocycles. The number of hydrogen-bond donors (Lipinski definition) is 3. The standard InChI is InChI=1S/C12H14ClN3O2.ClH/c13-10-4-3-8(15-11(17)6-14)5-9(10)12(18)16-7-1-2-7;/h3-5,7H,1-2,6,14H2,(H,15,17)(H,16,18);1H. The molecule has 1 aliphatic rings. The lowest BCUT2D eigenvalue weighted by molar-refractivity contribution is -0.114. The Morgan fingerprint density at radius 2 is 2.05 bits per heavy atom. The lowest BCUT2D eigenvalue weighted by Gasteiger charge is -2.09.